The first-order valence-electron chi connectivity index (χ1n) is 7.70. The van der Waals surface area contributed by atoms with Gasteiger partial charge in [0.1, 0.15) is 5.69 Å². The summed E-state index contributed by atoms with van der Waals surface area (Å²) in [5, 5.41) is 8.22. The molecule has 0 saturated heterocycles. The number of carbonyl (C=O) groups is 1. The Bertz CT molecular complexity index is 933. The Labute approximate surface area is 138 Å². The van der Waals surface area contributed by atoms with Crippen molar-refractivity contribution in [3.8, 4) is 11.1 Å². The van der Waals surface area contributed by atoms with Crippen molar-refractivity contribution in [2.24, 2.45) is 0 Å². The van der Waals surface area contributed by atoms with Crippen LogP contribution in [0.3, 0.4) is 0 Å². The second kappa shape index (κ2) is 6.08. The van der Waals surface area contributed by atoms with E-state index in [-0.39, 0.29) is 5.91 Å². The van der Waals surface area contributed by atoms with Crippen molar-refractivity contribution < 1.29 is 9.21 Å². The zero-order valence-corrected chi connectivity index (χ0v) is 12.9. The third kappa shape index (κ3) is 2.81. The van der Waals surface area contributed by atoms with Crippen LogP contribution in [-0.2, 0) is 6.54 Å². The van der Waals surface area contributed by atoms with Gasteiger partial charge in [-0.05, 0) is 18.2 Å². The van der Waals surface area contributed by atoms with Gasteiger partial charge in [0.15, 0.2) is 0 Å². The number of aromatic nitrogens is 3. The molecule has 120 valence electrons. The molecule has 0 aliphatic rings. The molecule has 2 N–H and O–H groups in total. The van der Waals surface area contributed by atoms with E-state index < -0.39 is 0 Å². The lowest BCUT2D eigenvalue weighted by Crippen LogP contribution is -2.27. The van der Waals surface area contributed by atoms with Crippen LogP contribution in [-0.4, -0.2) is 27.2 Å². The topological polar surface area (TPSA) is 75.8 Å². The van der Waals surface area contributed by atoms with Crippen molar-refractivity contribution in [3.05, 3.63) is 67.0 Å². The normalized spacial score (nSPS) is 11.0. The number of fused-ring (bicyclic) bond motifs is 1. The predicted octanol–water partition coefficient (Wildman–Crippen LogP) is 3.05. The van der Waals surface area contributed by atoms with Gasteiger partial charge < -0.3 is 14.7 Å². The third-order valence-electron chi connectivity index (χ3n) is 3.89. The van der Waals surface area contributed by atoms with Crippen LogP contribution in [0.15, 0.2) is 65.7 Å². The monoisotopic (exact) mass is 320 g/mol. The maximum Gasteiger partial charge on any atom is 0.267 e. The molecule has 0 spiro atoms. The summed E-state index contributed by atoms with van der Waals surface area (Å²) < 4.78 is 6.87. The number of aromatic amines is 1. The van der Waals surface area contributed by atoms with Crippen LogP contribution >= 0.6 is 0 Å². The maximum absolute atomic E-state index is 12.2. The summed E-state index contributed by atoms with van der Waals surface area (Å²) in [5.74, 6) is -0.117. The highest BCUT2D eigenvalue weighted by atomic mass is 16.3. The van der Waals surface area contributed by atoms with Crippen molar-refractivity contribution in [1.82, 2.24) is 20.1 Å². The van der Waals surface area contributed by atoms with Gasteiger partial charge in [-0.15, -0.1) is 0 Å². The van der Waals surface area contributed by atoms with Crippen LogP contribution in [0.5, 0.6) is 0 Å². The highest BCUT2D eigenvalue weighted by Gasteiger charge is 2.09. The van der Waals surface area contributed by atoms with Crippen LogP contribution in [0.1, 0.15) is 10.5 Å². The van der Waals surface area contributed by atoms with E-state index in [1.807, 2.05) is 42.6 Å². The smallest absolute Gasteiger partial charge is 0.267 e. The number of hydrogen-bond donors (Lipinski definition) is 2. The number of H-pyrrole nitrogens is 1. The lowest BCUT2D eigenvalue weighted by Gasteiger charge is -2.03. The summed E-state index contributed by atoms with van der Waals surface area (Å²) in [5.41, 5.74) is 3.50. The zero-order valence-electron chi connectivity index (χ0n) is 12.9. The second-order valence-corrected chi connectivity index (χ2v) is 5.53. The van der Waals surface area contributed by atoms with Crippen molar-refractivity contribution >= 4 is 16.8 Å². The molecule has 0 aliphatic carbocycles. The first-order valence-corrected chi connectivity index (χ1v) is 7.70. The van der Waals surface area contributed by atoms with E-state index in [2.05, 4.69) is 15.4 Å². The summed E-state index contributed by atoms with van der Waals surface area (Å²) >= 11 is 0. The Morgan fingerprint density at radius 1 is 1.25 bits per heavy atom. The number of para-hydroxylation sites is 1. The van der Waals surface area contributed by atoms with Gasteiger partial charge in [-0.25, -0.2) is 0 Å². The standard InChI is InChI=1S/C18H16N4O2/c23-18(17-9-13-3-1-2-4-16(13)21-17)19-6-7-22-11-15(10-20-22)14-5-8-24-12-14/h1-5,8-12,21H,6-7H2,(H,19,23). The van der Waals surface area contributed by atoms with Gasteiger partial charge in [-0.2, -0.15) is 5.10 Å². The van der Waals surface area contributed by atoms with E-state index in [9.17, 15) is 4.79 Å². The first kappa shape index (κ1) is 14.3. The molecule has 3 aromatic heterocycles. The minimum Gasteiger partial charge on any atom is -0.472 e. The van der Waals surface area contributed by atoms with Gasteiger partial charge in [0.05, 0.1) is 25.3 Å². The van der Waals surface area contributed by atoms with E-state index in [0.29, 0.717) is 18.8 Å². The SMILES string of the molecule is O=C(NCCn1cc(-c2ccoc2)cn1)c1cc2ccccc2[nH]1. The van der Waals surface area contributed by atoms with E-state index in [0.717, 1.165) is 22.0 Å². The van der Waals surface area contributed by atoms with Crippen LogP contribution in [0.4, 0.5) is 0 Å². The Balaban J connectivity index is 1.36. The predicted molar refractivity (Wildman–Crippen MR) is 90.6 cm³/mol. The molecule has 0 radical (unpaired) electrons. The fourth-order valence-electron chi connectivity index (χ4n) is 2.64. The van der Waals surface area contributed by atoms with Crippen molar-refractivity contribution in [3.63, 3.8) is 0 Å². The number of rotatable bonds is 5. The highest BCUT2D eigenvalue weighted by molar-refractivity contribution is 5.97. The Morgan fingerprint density at radius 3 is 3.00 bits per heavy atom. The molecule has 0 fully saturated rings. The molecule has 1 aromatic carbocycles. The lowest BCUT2D eigenvalue weighted by atomic mass is 10.2. The molecule has 4 rings (SSSR count). The molecule has 6 nitrogen and oxygen atoms in total. The molecule has 0 unspecified atom stereocenters. The molecule has 0 atom stereocenters. The third-order valence-corrected chi connectivity index (χ3v) is 3.89. The van der Waals surface area contributed by atoms with Crippen LogP contribution < -0.4 is 5.32 Å². The number of amides is 1. The molecule has 24 heavy (non-hydrogen) atoms. The quantitative estimate of drug-likeness (QED) is 0.593. The van der Waals surface area contributed by atoms with Gasteiger partial charge in [-0.3, -0.25) is 9.48 Å². The number of benzene rings is 1. The largest absolute Gasteiger partial charge is 0.472 e. The average molecular weight is 320 g/mol. The summed E-state index contributed by atoms with van der Waals surface area (Å²) in [6, 6.07) is 11.6. The molecule has 4 aromatic rings. The van der Waals surface area contributed by atoms with Crippen LogP contribution in [0.25, 0.3) is 22.0 Å². The summed E-state index contributed by atoms with van der Waals surface area (Å²) in [6.07, 6.45) is 7.02. The van der Waals surface area contributed by atoms with Crippen LogP contribution in [0, 0.1) is 0 Å². The number of furan rings is 1. The molecule has 0 saturated carbocycles. The number of carbonyl (C=O) groups excluding carboxylic acids is 1. The molecular weight excluding hydrogens is 304 g/mol. The maximum atomic E-state index is 12.2. The first-order chi connectivity index (χ1) is 11.8. The van der Waals surface area contributed by atoms with Crippen molar-refractivity contribution in [2.75, 3.05) is 6.54 Å². The van der Waals surface area contributed by atoms with E-state index in [4.69, 9.17) is 4.42 Å². The second-order valence-electron chi connectivity index (χ2n) is 5.53. The summed E-state index contributed by atoms with van der Waals surface area (Å²) in [4.78, 5) is 15.3. The minimum atomic E-state index is -0.117. The van der Waals surface area contributed by atoms with Gasteiger partial charge in [0.2, 0.25) is 0 Å². The Kier molecular flexibility index (Phi) is 3.63. The summed E-state index contributed by atoms with van der Waals surface area (Å²) in [6.45, 7) is 1.10. The zero-order chi connectivity index (χ0) is 16.4. The number of hydrogen-bond acceptors (Lipinski definition) is 3. The minimum absolute atomic E-state index is 0.117. The molecule has 0 aliphatic heterocycles. The van der Waals surface area contributed by atoms with Gasteiger partial charge >= 0.3 is 0 Å². The van der Waals surface area contributed by atoms with E-state index in [1.165, 1.54) is 0 Å². The average Bonchev–Trinajstić information content (AvgIpc) is 3.33. The molecular formula is C18H16N4O2. The molecule has 0 bridgehead atoms. The molecule has 6 heteroatoms. The van der Waals surface area contributed by atoms with E-state index >= 15 is 0 Å². The fourth-order valence-corrected chi connectivity index (χ4v) is 2.64. The van der Waals surface area contributed by atoms with E-state index in [1.54, 1.807) is 23.4 Å². The van der Waals surface area contributed by atoms with Crippen molar-refractivity contribution in [2.45, 2.75) is 6.54 Å². The number of nitrogens with one attached hydrogen (secondary N) is 2. The number of nitrogens with zero attached hydrogens (tertiary/aromatic N) is 2. The Hall–Kier alpha value is -3.28. The highest BCUT2D eigenvalue weighted by Crippen LogP contribution is 2.18. The molecule has 3 heterocycles. The summed E-state index contributed by atoms with van der Waals surface area (Å²) in [7, 11) is 0. The van der Waals surface area contributed by atoms with Crippen LogP contribution in [0.2, 0.25) is 0 Å². The van der Waals surface area contributed by atoms with Crippen molar-refractivity contribution in [1.29, 1.82) is 0 Å². The lowest BCUT2D eigenvalue weighted by molar-refractivity contribution is 0.0948. The Morgan fingerprint density at radius 2 is 2.17 bits per heavy atom. The fraction of sp³-hybridized carbons (Fsp3) is 0.111. The van der Waals surface area contributed by atoms with Gasteiger partial charge in [0, 0.05) is 34.8 Å². The molecule has 1 amide bonds. The van der Waals surface area contributed by atoms with Gasteiger partial charge in [-0.1, -0.05) is 18.2 Å². The van der Waals surface area contributed by atoms with Gasteiger partial charge in [0.25, 0.3) is 5.91 Å².